The van der Waals surface area contributed by atoms with Crippen LogP contribution in [-0.4, -0.2) is 10.4 Å². The summed E-state index contributed by atoms with van der Waals surface area (Å²) >= 11 is 3.59. The maximum atomic E-state index is 10.1. The fourth-order valence-corrected chi connectivity index (χ4v) is 4.58. The smallest absolute Gasteiger partial charge is 0.100 e. The molecule has 2 unspecified atom stereocenters. The number of rotatable bonds is 0. The van der Waals surface area contributed by atoms with E-state index in [0.717, 1.165) is 5.75 Å². The number of hydrogen-bond donors (Lipinski definition) is 1. The minimum absolute atomic E-state index is 0.281. The largest absolute Gasteiger partial charge is 0.386 e. The summed E-state index contributed by atoms with van der Waals surface area (Å²) in [6, 6.07) is 8.44. The topological polar surface area (TPSA) is 20.2 Å². The quantitative estimate of drug-likeness (QED) is 0.754. The minimum atomic E-state index is -0.281. The van der Waals surface area contributed by atoms with Gasteiger partial charge in [-0.05, 0) is 17.0 Å². The molecule has 15 heavy (non-hydrogen) atoms. The first-order valence-corrected chi connectivity index (χ1v) is 6.94. The fraction of sp³-hybridized carbons (Fsp3) is 0.333. The summed E-state index contributed by atoms with van der Waals surface area (Å²) in [5.41, 5.74) is 1.35. The maximum Gasteiger partial charge on any atom is 0.100 e. The summed E-state index contributed by atoms with van der Waals surface area (Å²) in [6.07, 6.45) is -0.281. The predicted octanol–water partition coefficient (Wildman–Crippen LogP) is 3.57. The van der Waals surface area contributed by atoms with Crippen LogP contribution in [0.3, 0.4) is 0 Å². The van der Waals surface area contributed by atoms with Crippen LogP contribution in [0, 0.1) is 0 Å². The van der Waals surface area contributed by atoms with E-state index in [1.54, 1.807) is 11.3 Å². The van der Waals surface area contributed by atoms with Crippen molar-refractivity contribution < 1.29 is 5.11 Å². The molecule has 0 aliphatic carbocycles. The van der Waals surface area contributed by atoms with Gasteiger partial charge in [-0.1, -0.05) is 25.1 Å². The van der Waals surface area contributed by atoms with E-state index in [9.17, 15) is 5.11 Å². The van der Waals surface area contributed by atoms with E-state index >= 15 is 0 Å². The van der Waals surface area contributed by atoms with Gasteiger partial charge in [0.15, 0.2) is 0 Å². The number of benzene rings is 1. The molecule has 1 aromatic heterocycles. The number of thiophene rings is 1. The Balaban J connectivity index is 2.26. The van der Waals surface area contributed by atoms with Crippen LogP contribution < -0.4 is 0 Å². The number of fused-ring (bicyclic) bond motifs is 3. The van der Waals surface area contributed by atoms with Crippen molar-refractivity contribution in [3.05, 3.63) is 34.7 Å². The normalized spacial score (nSPS) is 25.5. The molecule has 2 atom stereocenters. The van der Waals surface area contributed by atoms with E-state index in [1.165, 1.54) is 20.5 Å². The third-order valence-electron chi connectivity index (χ3n) is 2.93. The first-order chi connectivity index (χ1) is 7.27. The Labute approximate surface area is 97.1 Å². The minimum Gasteiger partial charge on any atom is -0.386 e. The highest BCUT2D eigenvalue weighted by Crippen LogP contribution is 2.45. The van der Waals surface area contributed by atoms with Crippen molar-refractivity contribution in [2.45, 2.75) is 24.0 Å². The summed E-state index contributed by atoms with van der Waals surface area (Å²) in [4.78, 5) is 1.18. The van der Waals surface area contributed by atoms with Crippen molar-refractivity contribution in [2.75, 3.05) is 0 Å². The van der Waals surface area contributed by atoms with Gasteiger partial charge in [-0.2, -0.15) is 11.8 Å². The van der Waals surface area contributed by atoms with Crippen LogP contribution >= 0.6 is 23.1 Å². The lowest BCUT2D eigenvalue weighted by atomic mass is 10.1. The lowest BCUT2D eigenvalue weighted by Crippen LogP contribution is -2.15. The molecule has 3 heteroatoms. The summed E-state index contributed by atoms with van der Waals surface area (Å²) in [5, 5.41) is 11.8. The second kappa shape index (κ2) is 3.51. The van der Waals surface area contributed by atoms with E-state index in [-0.39, 0.29) is 6.10 Å². The first kappa shape index (κ1) is 9.70. The van der Waals surface area contributed by atoms with Crippen molar-refractivity contribution in [3.63, 3.8) is 0 Å². The third-order valence-corrected chi connectivity index (χ3v) is 5.46. The zero-order valence-corrected chi connectivity index (χ0v) is 10.1. The van der Waals surface area contributed by atoms with Crippen molar-refractivity contribution >= 4 is 33.2 Å². The molecule has 0 amide bonds. The van der Waals surface area contributed by atoms with Crippen molar-refractivity contribution in [3.8, 4) is 0 Å². The number of thioether (sulfide) groups is 1. The summed E-state index contributed by atoms with van der Waals surface area (Å²) in [7, 11) is 0. The molecule has 0 saturated carbocycles. The van der Waals surface area contributed by atoms with Crippen LogP contribution in [0.25, 0.3) is 10.1 Å². The van der Waals surface area contributed by atoms with Gasteiger partial charge >= 0.3 is 0 Å². The van der Waals surface area contributed by atoms with Crippen molar-refractivity contribution in [1.29, 1.82) is 0 Å². The fourth-order valence-electron chi connectivity index (χ4n) is 2.02. The second-order valence-corrected chi connectivity index (χ2v) is 6.35. The van der Waals surface area contributed by atoms with Crippen LogP contribution in [0.4, 0.5) is 0 Å². The SMILES string of the molecule is CC1SCc2c(sc3ccccc23)C1O. The first-order valence-electron chi connectivity index (χ1n) is 5.07. The highest BCUT2D eigenvalue weighted by molar-refractivity contribution is 7.99. The molecular weight excluding hydrogens is 224 g/mol. The zero-order valence-electron chi connectivity index (χ0n) is 8.43. The predicted molar refractivity (Wildman–Crippen MR) is 67.5 cm³/mol. The van der Waals surface area contributed by atoms with Gasteiger partial charge < -0.3 is 5.11 Å². The molecule has 78 valence electrons. The van der Waals surface area contributed by atoms with Crippen LogP contribution in [0.1, 0.15) is 23.5 Å². The Morgan fingerprint density at radius 3 is 3.00 bits per heavy atom. The molecule has 0 spiro atoms. The van der Waals surface area contributed by atoms with E-state index in [0.29, 0.717) is 5.25 Å². The van der Waals surface area contributed by atoms with Crippen LogP contribution in [-0.2, 0) is 5.75 Å². The van der Waals surface area contributed by atoms with E-state index in [4.69, 9.17) is 0 Å². The molecule has 1 aromatic carbocycles. The van der Waals surface area contributed by atoms with Gasteiger partial charge in [-0.3, -0.25) is 0 Å². The van der Waals surface area contributed by atoms with Gasteiger partial charge in [-0.15, -0.1) is 11.3 Å². The lowest BCUT2D eigenvalue weighted by molar-refractivity contribution is 0.181. The van der Waals surface area contributed by atoms with Crippen LogP contribution in [0.5, 0.6) is 0 Å². The molecule has 1 N–H and O–H groups in total. The molecule has 0 bridgehead atoms. The Bertz CT molecular complexity index is 503. The second-order valence-electron chi connectivity index (χ2n) is 3.90. The summed E-state index contributed by atoms with van der Waals surface area (Å²) < 4.78 is 1.30. The Morgan fingerprint density at radius 2 is 2.13 bits per heavy atom. The monoisotopic (exact) mass is 236 g/mol. The van der Waals surface area contributed by atoms with Gasteiger partial charge in [0.1, 0.15) is 6.10 Å². The molecule has 0 saturated heterocycles. The van der Waals surface area contributed by atoms with E-state index < -0.39 is 0 Å². The van der Waals surface area contributed by atoms with Gasteiger partial charge in [0.25, 0.3) is 0 Å². The summed E-state index contributed by atoms with van der Waals surface area (Å²) in [5.74, 6) is 1.04. The van der Waals surface area contributed by atoms with Gasteiger partial charge in [-0.25, -0.2) is 0 Å². The van der Waals surface area contributed by atoms with Crippen molar-refractivity contribution in [1.82, 2.24) is 0 Å². The Morgan fingerprint density at radius 1 is 1.33 bits per heavy atom. The Hall–Kier alpha value is -0.510. The average molecular weight is 236 g/mol. The molecular formula is C12H12OS2. The molecule has 1 aliphatic rings. The van der Waals surface area contributed by atoms with E-state index in [2.05, 4.69) is 31.2 Å². The standard InChI is InChI=1S/C12H12OS2/c1-7-11(13)12-9(6-14-7)8-4-2-3-5-10(8)15-12/h2-5,7,11,13H,6H2,1H3. The summed E-state index contributed by atoms with van der Waals surface area (Å²) in [6.45, 7) is 2.10. The average Bonchev–Trinajstić information content (AvgIpc) is 2.63. The van der Waals surface area contributed by atoms with Crippen molar-refractivity contribution in [2.24, 2.45) is 0 Å². The van der Waals surface area contributed by atoms with Crippen LogP contribution in [0.2, 0.25) is 0 Å². The maximum absolute atomic E-state index is 10.1. The zero-order chi connectivity index (χ0) is 10.4. The molecule has 3 rings (SSSR count). The van der Waals surface area contributed by atoms with Crippen LogP contribution in [0.15, 0.2) is 24.3 Å². The third kappa shape index (κ3) is 1.41. The number of aliphatic hydroxyl groups is 1. The molecule has 2 aromatic rings. The number of aliphatic hydroxyl groups excluding tert-OH is 1. The molecule has 1 nitrogen and oxygen atoms in total. The van der Waals surface area contributed by atoms with Gasteiger partial charge in [0.2, 0.25) is 0 Å². The highest BCUT2D eigenvalue weighted by atomic mass is 32.2. The number of hydrogen-bond acceptors (Lipinski definition) is 3. The molecule has 0 fully saturated rings. The van der Waals surface area contributed by atoms with Gasteiger partial charge in [0.05, 0.1) is 0 Å². The Kier molecular flexibility index (Phi) is 2.27. The molecule has 0 radical (unpaired) electrons. The highest BCUT2D eigenvalue weighted by Gasteiger charge is 2.28. The van der Waals surface area contributed by atoms with E-state index in [1.807, 2.05) is 11.8 Å². The molecule has 1 aliphatic heterocycles. The van der Waals surface area contributed by atoms with Gasteiger partial charge in [0, 0.05) is 20.6 Å². The molecule has 2 heterocycles. The lowest BCUT2D eigenvalue weighted by Gasteiger charge is -2.24.